The molecule has 1 fully saturated rings. The molecule has 1 aliphatic heterocycles. The molecule has 31 heavy (non-hydrogen) atoms. The van der Waals surface area contributed by atoms with Crippen molar-refractivity contribution in [3.8, 4) is 5.75 Å². The lowest BCUT2D eigenvalue weighted by Gasteiger charge is -2.27. The van der Waals surface area contributed by atoms with Crippen LogP contribution in [0.1, 0.15) is 36.5 Å². The van der Waals surface area contributed by atoms with Crippen LogP contribution in [0, 0.1) is 12.8 Å². The molecule has 170 valence electrons. The third-order valence-electron chi connectivity index (χ3n) is 5.98. The van der Waals surface area contributed by atoms with Gasteiger partial charge in [-0.3, -0.25) is 0 Å². The lowest BCUT2D eigenvalue weighted by molar-refractivity contribution is 0.0625. The molecule has 2 aromatic rings. The van der Waals surface area contributed by atoms with Crippen molar-refractivity contribution in [3.05, 3.63) is 41.5 Å². The Labute approximate surface area is 185 Å². The minimum absolute atomic E-state index is 0.504. The highest BCUT2D eigenvalue weighted by Crippen LogP contribution is 2.18. The SMILES string of the molecule is COc1ccc(CCNC(=NCc2nnc(C)n2C)N(C)CCC2CCOCC2)cc1. The highest BCUT2D eigenvalue weighted by molar-refractivity contribution is 5.79. The van der Waals surface area contributed by atoms with E-state index in [1.165, 1.54) is 5.56 Å². The summed E-state index contributed by atoms with van der Waals surface area (Å²) in [6, 6.07) is 8.21. The van der Waals surface area contributed by atoms with E-state index in [-0.39, 0.29) is 0 Å². The van der Waals surface area contributed by atoms with Gasteiger partial charge in [0.05, 0.1) is 7.11 Å². The van der Waals surface area contributed by atoms with Crippen LogP contribution in [0.2, 0.25) is 0 Å². The molecule has 1 saturated heterocycles. The van der Waals surface area contributed by atoms with Gasteiger partial charge in [0.1, 0.15) is 18.1 Å². The van der Waals surface area contributed by atoms with E-state index in [4.69, 9.17) is 14.5 Å². The molecule has 0 atom stereocenters. The summed E-state index contributed by atoms with van der Waals surface area (Å²) >= 11 is 0. The Kier molecular flexibility index (Phi) is 8.70. The van der Waals surface area contributed by atoms with Gasteiger partial charge in [0.25, 0.3) is 0 Å². The summed E-state index contributed by atoms with van der Waals surface area (Å²) in [5, 5.41) is 11.9. The topological polar surface area (TPSA) is 76.8 Å². The van der Waals surface area contributed by atoms with Gasteiger partial charge < -0.3 is 24.3 Å². The number of nitrogens with zero attached hydrogens (tertiary/aromatic N) is 5. The van der Waals surface area contributed by atoms with Crippen LogP contribution in [0.25, 0.3) is 0 Å². The van der Waals surface area contributed by atoms with Crippen molar-refractivity contribution in [3.63, 3.8) is 0 Å². The highest BCUT2D eigenvalue weighted by Gasteiger charge is 2.16. The number of aromatic nitrogens is 3. The van der Waals surface area contributed by atoms with Crippen molar-refractivity contribution < 1.29 is 9.47 Å². The van der Waals surface area contributed by atoms with Crippen molar-refractivity contribution in [1.29, 1.82) is 0 Å². The Morgan fingerprint density at radius 3 is 2.65 bits per heavy atom. The monoisotopic (exact) mass is 428 g/mol. The standard InChI is InChI=1S/C23H36N6O2/c1-18-26-27-22(29(18)3)17-25-23(28(2)14-10-20-11-15-31-16-12-20)24-13-9-19-5-7-21(30-4)8-6-19/h5-8,20H,9-17H2,1-4H3,(H,24,25). The van der Waals surface area contributed by atoms with Gasteiger partial charge in [0.2, 0.25) is 0 Å². The Hall–Kier alpha value is -2.61. The molecule has 0 spiro atoms. The van der Waals surface area contributed by atoms with Gasteiger partial charge in [-0.05, 0) is 56.2 Å². The number of rotatable bonds is 9. The third kappa shape index (κ3) is 6.95. The summed E-state index contributed by atoms with van der Waals surface area (Å²) in [6.45, 7) is 6.02. The van der Waals surface area contributed by atoms with Gasteiger partial charge in [0.15, 0.2) is 11.8 Å². The molecule has 1 aliphatic rings. The number of aryl methyl sites for hydroxylation is 1. The Bertz CT molecular complexity index is 827. The van der Waals surface area contributed by atoms with Crippen molar-refractivity contribution in [2.24, 2.45) is 18.0 Å². The second-order valence-corrected chi connectivity index (χ2v) is 8.15. The van der Waals surface area contributed by atoms with Crippen molar-refractivity contribution in [2.75, 3.05) is 40.5 Å². The molecular formula is C23H36N6O2. The minimum atomic E-state index is 0.504. The summed E-state index contributed by atoms with van der Waals surface area (Å²) in [5.41, 5.74) is 1.27. The van der Waals surface area contributed by atoms with E-state index in [1.807, 2.05) is 30.7 Å². The molecule has 1 aromatic heterocycles. The summed E-state index contributed by atoms with van der Waals surface area (Å²) in [4.78, 5) is 7.08. The molecular weight excluding hydrogens is 392 g/mol. The van der Waals surface area contributed by atoms with Gasteiger partial charge in [-0.25, -0.2) is 4.99 Å². The first kappa shape index (κ1) is 23.1. The van der Waals surface area contributed by atoms with Gasteiger partial charge in [-0.2, -0.15) is 0 Å². The lowest BCUT2D eigenvalue weighted by atomic mass is 9.96. The van der Waals surface area contributed by atoms with E-state index in [2.05, 4.69) is 39.6 Å². The van der Waals surface area contributed by atoms with Gasteiger partial charge in [0, 0.05) is 40.4 Å². The zero-order valence-electron chi connectivity index (χ0n) is 19.3. The summed E-state index contributed by atoms with van der Waals surface area (Å²) in [7, 11) is 5.78. The largest absolute Gasteiger partial charge is 0.497 e. The molecule has 0 unspecified atom stereocenters. The van der Waals surface area contributed by atoms with E-state index in [1.54, 1.807) is 7.11 Å². The number of ether oxygens (including phenoxy) is 2. The first-order valence-corrected chi connectivity index (χ1v) is 11.1. The zero-order chi connectivity index (χ0) is 22.1. The van der Waals surface area contributed by atoms with Crippen molar-refractivity contribution >= 4 is 5.96 Å². The molecule has 8 heteroatoms. The maximum atomic E-state index is 5.49. The van der Waals surface area contributed by atoms with E-state index < -0.39 is 0 Å². The van der Waals surface area contributed by atoms with E-state index in [0.717, 1.165) is 81.3 Å². The lowest BCUT2D eigenvalue weighted by Crippen LogP contribution is -2.41. The molecule has 3 rings (SSSR count). The molecule has 1 aromatic carbocycles. The molecule has 2 heterocycles. The van der Waals surface area contributed by atoms with Crippen molar-refractivity contribution in [1.82, 2.24) is 25.0 Å². The first-order chi connectivity index (χ1) is 15.1. The van der Waals surface area contributed by atoms with Crippen LogP contribution in [0.3, 0.4) is 0 Å². The average Bonchev–Trinajstić information content (AvgIpc) is 3.13. The van der Waals surface area contributed by atoms with Crippen LogP contribution in [0.4, 0.5) is 0 Å². The number of aliphatic imine (C=N–C) groups is 1. The van der Waals surface area contributed by atoms with Crippen LogP contribution < -0.4 is 10.1 Å². The number of nitrogens with one attached hydrogen (secondary N) is 1. The molecule has 0 saturated carbocycles. The fraction of sp³-hybridized carbons (Fsp3) is 0.609. The van der Waals surface area contributed by atoms with E-state index in [0.29, 0.717) is 6.54 Å². The molecule has 8 nitrogen and oxygen atoms in total. The molecule has 0 aliphatic carbocycles. The number of guanidine groups is 1. The maximum absolute atomic E-state index is 5.49. The average molecular weight is 429 g/mol. The quantitative estimate of drug-likeness (QED) is 0.489. The predicted octanol–water partition coefficient (Wildman–Crippen LogP) is 2.57. The fourth-order valence-corrected chi connectivity index (χ4v) is 3.67. The third-order valence-corrected chi connectivity index (χ3v) is 5.98. The number of hydrogen-bond acceptors (Lipinski definition) is 5. The number of methoxy groups -OCH3 is 1. The molecule has 0 bridgehead atoms. The van der Waals surface area contributed by atoms with Crippen LogP contribution in [0.5, 0.6) is 5.75 Å². The Morgan fingerprint density at radius 2 is 2.00 bits per heavy atom. The highest BCUT2D eigenvalue weighted by atomic mass is 16.5. The van der Waals surface area contributed by atoms with Gasteiger partial charge in [-0.15, -0.1) is 10.2 Å². The second-order valence-electron chi connectivity index (χ2n) is 8.15. The molecule has 0 radical (unpaired) electrons. The van der Waals surface area contributed by atoms with Crippen LogP contribution >= 0.6 is 0 Å². The summed E-state index contributed by atoms with van der Waals surface area (Å²) < 4.78 is 12.7. The van der Waals surface area contributed by atoms with Crippen LogP contribution in [-0.2, 0) is 24.8 Å². The normalized spacial score (nSPS) is 15.2. The van der Waals surface area contributed by atoms with E-state index in [9.17, 15) is 0 Å². The fourth-order valence-electron chi connectivity index (χ4n) is 3.67. The van der Waals surface area contributed by atoms with Crippen LogP contribution in [-0.4, -0.2) is 66.1 Å². The summed E-state index contributed by atoms with van der Waals surface area (Å²) in [5.74, 6) is 4.28. The Balaban J connectivity index is 1.59. The van der Waals surface area contributed by atoms with Gasteiger partial charge >= 0.3 is 0 Å². The van der Waals surface area contributed by atoms with Gasteiger partial charge in [-0.1, -0.05) is 12.1 Å². The minimum Gasteiger partial charge on any atom is -0.497 e. The molecule has 0 amide bonds. The predicted molar refractivity (Wildman–Crippen MR) is 122 cm³/mol. The zero-order valence-corrected chi connectivity index (χ0v) is 19.3. The Morgan fingerprint density at radius 1 is 1.26 bits per heavy atom. The van der Waals surface area contributed by atoms with Crippen molar-refractivity contribution in [2.45, 2.75) is 39.2 Å². The summed E-state index contributed by atoms with van der Waals surface area (Å²) in [6.07, 6.45) is 4.38. The maximum Gasteiger partial charge on any atom is 0.194 e. The smallest absolute Gasteiger partial charge is 0.194 e. The van der Waals surface area contributed by atoms with E-state index >= 15 is 0 Å². The first-order valence-electron chi connectivity index (χ1n) is 11.1. The second kappa shape index (κ2) is 11.7. The van der Waals surface area contributed by atoms with Crippen LogP contribution in [0.15, 0.2) is 29.3 Å². The molecule has 1 N–H and O–H groups in total. The number of hydrogen-bond donors (Lipinski definition) is 1. The number of benzene rings is 1.